The number of nitrogens with one attached hydrogen (secondary N) is 1. The molecule has 0 aliphatic carbocycles. The van der Waals surface area contributed by atoms with Gasteiger partial charge < -0.3 is 5.32 Å². The van der Waals surface area contributed by atoms with Crippen LogP contribution < -0.4 is 9.62 Å². The third-order valence-corrected chi connectivity index (χ3v) is 8.12. The van der Waals surface area contributed by atoms with E-state index in [1.165, 1.54) is 30.3 Å². The lowest BCUT2D eigenvalue weighted by molar-refractivity contribution is -0.120. The van der Waals surface area contributed by atoms with Gasteiger partial charge in [-0.2, -0.15) is 0 Å². The third-order valence-electron chi connectivity index (χ3n) is 4.99. The van der Waals surface area contributed by atoms with Crippen LogP contribution in [-0.2, 0) is 14.8 Å². The zero-order valence-electron chi connectivity index (χ0n) is 17.6. The zero-order chi connectivity index (χ0) is 22.6. The van der Waals surface area contributed by atoms with Crippen molar-refractivity contribution in [1.82, 2.24) is 5.32 Å². The number of carbonyl (C=O) groups excluding carboxylic acids is 1. The molecule has 1 amide bonds. The van der Waals surface area contributed by atoms with Crippen molar-refractivity contribution in [2.24, 2.45) is 0 Å². The summed E-state index contributed by atoms with van der Waals surface area (Å²) in [4.78, 5) is 12.9. The average Bonchev–Trinajstić information content (AvgIpc) is 3.27. The summed E-state index contributed by atoms with van der Waals surface area (Å²) in [5.41, 5.74) is 2.98. The van der Waals surface area contributed by atoms with E-state index in [-0.39, 0.29) is 15.9 Å². The first-order chi connectivity index (χ1) is 14.7. The lowest BCUT2D eigenvalue weighted by Crippen LogP contribution is -2.42. The SMILES string of the molecule is CCC(NC(=O)CN(c1ccccc1F)S(=O)(=O)c1cccs1)c1ccc(C)cc1C. The maximum absolute atomic E-state index is 14.5. The van der Waals surface area contributed by atoms with Gasteiger partial charge in [-0.1, -0.05) is 48.9 Å². The molecule has 2 aromatic carbocycles. The van der Waals surface area contributed by atoms with Crippen molar-refractivity contribution in [1.29, 1.82) is 0 Å². The van der Waals surface area contributed by atoms with Crippen LogP contribution in [0.5, 0.6) is 0 Å². The molecule has 0 radical (unpaired) electrons. The Labute approximate surface area is 186 Å². The number of para-hydroxylation sites is 1. The van der Waals surface area contributed by atoms with Crippen LogP contribution in [0.15, 0.2) is 64.2 Å². The first kappa shape index (κ1) is 23.0. The van der Waals surface area contributed by atoms with Gasteiger partial charge in [-0.15, -0.1) is 11.3 Å². The second-order valence-corrected chi connectivity index (χ2v) is 10.3. The summed E-state index contributed by atoms with van der Waals surface area (Å²) in [5.74, 6) is -1.22. The summed E-state index contributed by atoms with van der Waals surface area (Å²) < 4.78 is 41.8. The molecule has 1 atom stereocenters. The number of halogens is 1. The molecule has 1 N–H and O–H groups in total. The summed E-state index contributed by atoms with van der Waals surface area (Å²) in [5, 5.41) is 4.54. The monoisotopic (exact) mass is 460 g/mol. The van der Waals surface area contributed by atoms with E-state index in [4.69, 9.17) is 0 Å². The zero-order valence-corrected chi connectivity index (χ0v) is 19.3. The van der Waals surface area contributed by atoms with Crippen molar-refractivity contribution >= 4 is 33.0 Å². The average molecular weight is 461 g/mol. The fourth-order valence-electron chi connectivity index (χ4n) is 3.46. The summed E-state index contributed by atoms with van der Waals surface area (Å²) >= 11 is 1.02. The van der Waals surface area contributed by atoms with E-state index in [0.717, 1.165) is 32.3 Å². The Morgan fingerprint density at radius 1 is 1.13 bits per heavy atom. The van der Waals surface area contributed by atoms with Crippen LogP contribution in [-0.4, -0.2) is 20.9 Å². The van der Waals surface area contributed by atoms with Gasteiger partial charge in [0.05, 0.1) is 11.7 Å². The van der Waals surface area contributed by atoms with Gasteiger partial charge in [-0.25, -0.2) is 12.8 Å². The molecule has 164 valence electrons. The molecule has 3 rings (SSSR count). The fraction of sp³-hybridized carbons (Fsp3) is 0.261. The number of aryl methyl sites for hydroxylation is 2. The Hall–Kier alpha value is -2.71. The lowest BCUT2D eigenvalue weighted by atomic mass is 9.97. The normalized spacial score (nSPS) is 12.4. The summed E-state index contributed by atoms with van der Waals surface area (Å²) in [7, 11) is -4.10. The molecule has 31 heavy (non-hydrogen) atoms. The van der Waals surface area contributed by atoms with Crippen molar-refractivity contribution in [2.75, 3.05) is 10.8 Å². The van der Waals surface area contributed by atoms with Crippen LogP contribution in [0.1, 0.15) is 36.1 Å². The number of thiophene rings is 1. The van der Waals surface area contributed by atoms with Gasteiger partial charge >= 0.3 is 0 Å². The van der Waals surface area contributed by atoms with Crippen LogP contribution in [0.4, 0.5) is 10.1 Å². The molecular weight excluding hydrogens is 435 g/mol. The second kappa shape index (κ2) is 9.62. The fourth-order valence-corrected chi connectivity index (χ4v) is 5.99. The molecule has 3 aromatic rings. The Morgan fingerprint density at radius 2 is 1.87 bits per heavy atom. The summed E-state index contributed by atoms with van der Waals surface area (Å²) in [6, 6.07) is 14.3. The third kappa shape index (κ3) is 5.14. The number of nitrogens with zero attached hydrogens (tertiary/aromatic N) is 1. The van der Waals surface area contributed by atoms with E-state index in [0.29, 0.717) is 6.42 Å². The number of carbonyl (C=O) groups is 1. The van der Waals surface area contributed by atoms with Gasteiger partial charge in [0.25, 0.3) is 10.0 Å². The highest BCUT2D eigenvalue weighted by atomic mass is 32.2. The van der Waals surface area contributed by atoms with E-state index < -0.39 is 28.3 Å². The van der Waals surface area contributed by atoms with E-state index in [1.807, 2.05) is 39.0 Å². The van der Waals surface area contributed by atoms with Crippen molar-refractivity contribution < 1.29 is 17.6 Å². The van der Waals surface area contributed by atoms with Crippen molar-refractivity contribution in [2.45, 2.75) is 37.4 Å². The highest BCUT2D eigenvalue weighted by molar-refractivity contribution is 7.94. The van der Waals surface area contributed by atoms with Crippen LogP contribution in [0.25, 0.3) is 0 Å². The molecule has 1 aromatic heterocycles. The molecule has 0 bridgehead atoms. The van der Waals surface area contributed by atoms with E-state index in [2.05, 4.69) is 5.32 Å². The number of amides is 1. The summed E-state index contributed by atoms with van der Waals surface area (Å²) in [6.45, 7) is 5.39. The quantitative estimate of drug-likeness (QED) is 0.516. The molecule has 0 aliphatic rings. The van der Waals surface area contributed by atoms with Gasteiger partial charge in [0.15, 0.2) is 0 Å². The number of hydrogen-bond donors (Lipinski definition) is 1. The first-order valence-corrected chi connectivity index (χ1v) is 12.2. The van der Waals surface area contributed by atoms with Crippen LogP contribution in [0.2, 0.25) is 0 Å². The topological polar surface area (TPSA) is 66.5 Å². The van der Waals surface area contributed by atoms with Crippen LogP contribution in [0.3, 0.4) is 0 Å². The number of sulfonamides is 1. The van der Waals surface area contributed by atoms with E-state index >= 15 is 0 Å². The number of benzene rings is 2. The number of anilines is 1. The number of hydrogen-bond acceptors (Lipinski definition) is 4. The second-order valence-electron chi connectivity index (χ2n) is 7.28. The van der Waals surface area contributed by atoms with Gasteiger partial charge in [-0.3, -0.25) is 9.10 Å². The Morgan fingerprint density at radius 3 is 2.48 bits per heavy atom. The van der Waals surface area contributed by atoms with Crippen molar-refractivity contribution in [3.05, 3.63) is 82.5 Å². The molecule has 5 nitrogen and oxygen atoms in total. The smallest absolute Gasteiger partial charge is 0.274 e. The molecular formula is C23H25FN2O3S2. The number of rotatable bonds is 8. The van der Waals surface area contributed by atoms with Gasteiger partial charge in [0.1, 0.15) is 16.6 Å². The Bertz CT molecular complexity index is 1160. The molecule has 0 saturated carbocycles. The molecule has 8 heteroatoms. The predicted octanol–water partition coefficient (Wildman–Crippen LogP) is 4.97. The maximum atomic E-state index is 14.5. The van der Waals surface area contributed by atoms with Crippen molar-refractivity contribution in [3.8, 4) is 0 Å². The highest BCUT2D eigenvalue weighted by Gasteiger charge is 2.30. The van der Waals surface area contributed by atoms with Gasteiger partial charge in [0, 0.05) is 0 Å². The molecule has 0 spiro atoms. The van der Waals surface area contributed by atoms with Gasteiger partial charge in [0.2, 0.25) is 5.91 Å². The first-order valence-electron chi connectivity index (χ1n) is 9.91. The van der Waals surface area contributed by atoms with E-state index in [1.54, 1.807) is 11.4 Å². The van der Waals surface area contributed by atoms with Crippen LogP contribution in [0, 0.1) is 19.7 Å². The minimum Gasteiger partial charge on any atom is -0.348 e. The standard InChI is InChI=1S/C23H25FN2O3S2/c1-4-20(18-12-11-16(2)14-17(18)3)25-22(27)15-26(21-9-6-5-8-19(21)24)31(28,29)23-10-7-13-30-23/h5-14,20H,4,15H2,1-3H3,(H,25,27). The molecule has 1 heterocycles. The summed E-state index contributed by atoms with van der Waals surface area (Å²) in [6.07, 6.45) is 0.632. The lowest BCUT2D eigenvalue weighted by Gasteiger charge is -2.26. The Balaban J connectivity index is 1.90. The highest BCUT2D eigenvalue weighted by Crippen LogP contribution is 2.29. The van der Waals surface area contributed by atoms with Crippen molar-refractivity contribution in [3.63, 3.8) is 0 Å². The molecule has 0 aliphatic heterocycles. The molecule has 0 fully saturated rings. The Kier molecular flexibility index (Phi) is 7.12. The molecule has 0 saturated heterocycles. The van der Waals surface area contributed by atoms with Gasteiger partial charge in [-0.05, 0) is 55.0 Å². The maximum Gasteiger partial charge on any atom is 0.274 e. The predicted molar refractivity (Wildman–Crippen MR) is 122 cm³/mol. The largest absolute Gasteiger partial charge is 0.348 e. The minimum atomic E-state index is -4.10. The minimum absolute atomic E-state index is 0.0463. The van der Waals surface area contributed by atoms with E-state index in [9.17, 15) is 17.6 Å². The van der Waals surface area contributed by atoms with Crippen LogP contribution >= 0.6 is 11.3 Å². The molecule has 1 unspecified atom stereocenters.